The number of nitrogens with one attached hydrogen (secondary N) is 1. The molecule has 1 amide bonds. The van der Waals surface area contributed by atoms with Crippen molar-refractivity contribution >= 4 is 5.91 Å². The Morgan fingerprint density at radius 1 is 1.29 bits per heavy atom. The van der Waals surface area contributed by atoms with Crippen LogP contribution in [-0.2, 0) is 4.79 Å². The standard InChI is InChI=1S/C12H19NO/c1-3-5-6-7-11-8-12(14)13-9-10(11)4-2/h5-6H,3-4,7-9H2,1-2H3,(H,13,14)/b6-5-. The zero-order valence-electron chi connectivity index (χ0n) is 9.10. The van der Waals surface area contributed by atoms with Gasteiger partial charge in [0.25, 0.3) is 0 Å². The predicted molar refractivity (Wildman–Crippen MR) is 59.0 cm³/mol. The minimum absolute atomic E-state index is 0.169. The fourth-order valence-corrected chi connectivity index (χ4v) is 1.70. The average Bonchev–Trinajstić information content (AvgIpc) is 2.19. The second-order valence-corrected chi connectivity index (χ2v) is 3.60. The summed E-state index contributed by atoms with van der Waals surface area (Å²) < 4.78 is 0. The predicted octanol–water partition coefficient (Wildman–Crippen LogP) is 2.57. The summed E-state index contributed by atoms with van der Waals surface area (Å²) in [6.45, 7) is 5.03. The van der Waals surface area contributed by atoms with E-state index in [4.69, 9.17) is 0 Å². The van der Waals surface area contributed by atoms with Crippen molar-refractivity contribution in [1.82, 2.24) is 5.32 Å². The van der Waals surface area contributed by atoms with Crippen LogP contribution in [0, 0.1) is 0 Å². The molecule has 0 spiro atoms. The van der Waals surface area contributed by atoms with Crippen molar-refractivity contribution in [1.29, 1.82) is 0 Å². The number of hydrogen-bond donors (Lipinski definition) is 1. The highest BCUT2D eigenvalue weighted by Gasteiger charge is 2.14. The third kappa shape index (κ3) is 3.02. The zero-order chi connectivity index (χ0) is 10.4. The summed E-state index contributed by atoms with van der Waals surface area (Å²) in [5.41, 5.74) is 2.73. The molecule has 1 N–H and O–H groups in total. The van der Waals surface area contributed by atoms with E-state index in [9.17, 15) is 4.79 Å². The van der Waals surface area contributed by atoms with Crippen molar-refractivity contribution in [2.45, 2.75) is 39.5 Å². The van der Waals surface area contributed by atoms with E-state index < -0.39 is 0 Å². The Morgan fingerprint density at radius 2 is 2.07 bits per heavy atom. The first-order valence-corrected chi connectivity index (χ1v) is 5.39. The third-order valence-electron chi connectivity index (χ3n) is 2.57. The number of hydrogen-bond acceptors (Lipinski definition) is 1. The molecule has 0 bridgehead atoms. The van der Waals surface area contributed by atoms with Gasteiger partial charge in [-0.1, -0.05) is 37.1 Å². The van der Waals surface area contributed by atoms with Crippen molar-refractivity contribution in [2.75, 3.05) is 6.54 Å². The molecule has 0 fully saturated rings. The van der Waals surface area contributed by atoms with E-state index in [1.165, 1.54) is 11.1 Å². The van der Waals surface area contributed by atoms with Gasteiger partial charge in [0.2, 0.25) is 5.91 Å². The van der Waals surface area contributed by atoms with Crippen molar-refractivity contribution in [3.05, 3.63) is 23.3 Å². The lowest BCUT2D eigenvalue weighted by Gasteiger charge is -2.19. The number of amides is 1. The topological polar surface area (TPSA) is 29.1 Å². The minimum Gasteiger partial charge on any atom is -0.352 e. The average molecular weight is 193 g/mol. The van der Waals surface area contributed by atoms with Crippen LogP contribution in [0.2, 0.25) is 0 Å². The molecule has 1 heterocycles. The van der Waals surface area contributed by atoms with Crippen molar-refractivity contribution in [3.63, 3.8) is 0 Å². The van der Waals surface area contributed by atoms with Crippen LogP contribution in [0.4, 0.5) is 0 Å². The number of carbonyl (C=O) groups is 1. The summed E-state index contributed by atoms with van der Waals surface area (Å²) in [6, 6.07) is 0. The molecule has 0 atom stereocenters. The van der Waals surface area contributed by atoms with Gasteiger partial charge in [-0.3, -0.25) is 4.79 Å². The number of rotatable bonds is 4. The van der Waals surface area contributed by atoms with Crippen LogP contribution in [0.25, 0.3) is 0 Å². The molecule has 1 rings (SSSR count). The van der Waals surface area contributed by atoms with Gasteiger partial charge in [-0.15, -0.1) is 0 Å². The van der Waals surface area contributed by atoms with Crippen LogP contribution >= 0.6 is 0 Å². The van der Waals surface area contributed by atoms with Gasteiger partial charge in [0.05, 0.1) is 0 Å². The molecule has 0 saturated heterocycles. The summed E-state index contributed by atoms with van der Waals surface area (Å²) in [6.07, 6.45) is 7.99. The highest BCUT2D eigenvalue weighted by atomic mass is 16.1. The first-order valence-electron chi connectivity index (χ1n) is 5.39. The molecule has 0 aromatic rings. The maximum absolute atomic E-state index is 11.2. The van der Waals surface area contributed by atoms with Crippen LogP contribution in [0.5, 0.6) is 0 Å². The minimum atomic E-state index is 0.169. The van der Waals surface area contributed by atoms with E-state index in [-0.39, 0.29) is 5.91 Å². The maximum atomic E-state index is 11.2. The Labute approximate surface area is 86.1 Å². The van der Waals surface area contributed by atoms with Gasteiger partial charge in [0.15, 0.2) is 0 Å². The van der Waals surface area contributed by atoms with E-state index in [0.29, 0.717) is 6.42 Å². The van der Waals surface area contributed by atoms with E-state index in [1.807, 2.05) is 0 Å². The fourth-order valence-electron chi connectivity index (χ4n) is 1.70. The van der Waals surface area contributed by atoms with Crippen LogP contribution in [0.15, 0.2) is 23.3 Å². The summed E-state index contributed by atoms with van der Waals surface area (Å²) in [4.78, 5) is 11.2. The van der Waals surface area contributed by atoms with Gasteiger partial charge in [0, 0.05) is 13.0 Å². The molecule has 0 aliphatic carbocycles. The van der Waals surface area contributed by atoms with Crippen LogP contribution in [0.1, 0.15) is 39.5 Å². The van der Waals surface area contributed by atoms with E-state index in [1.54, 1.807) is 0 Å². The third-order valence-corrected chi connectivity index (χ3v) is 2.57. The molecule has 0 saturated carbocycles. The SMILES string of the molecule is CC/C=C\CC1=C(CC)CNC(=O)C1. The molecule has 0 unspecified atom stereocenters. The maximum Gasteiger partial charge on any atom is 0.224 e. The summed E-state index contributed by atoms with van der Waals surface area (Å²) in [7, 11) is 0. The molecule has 78 valence electrons. The zero-order valence-corrected chi connectivity index (χ0v) is 9.10. The van der Waals surface area contributed by atoms with Crippen molar-refractivity contribution in [2.24, 2.45) is 0 Å². The van der Waals surface area contributed by atoms with Crippen LogP contribution in [0.3, 0.4) is 0 Å². The Hall–Kier alpha value is -1.05. The van der Waals surface area contributed by atoms with E-state index >= 15 is 0 Å². The largest absolute Gasteiger partial charge is 0.352 e. The van der Waals surface area contributed by atoms with Gasteiger partial charge >= 0.3 is 0 Å². The Kier molecular flexibility index (Phi) is 4.44. The lowest BCUT2D eigenvalue weighted by Crippen LogP contribution is -2.30. The highest BCUT2D eigenvalue weighted by molar-refractivity contribution is 5.80. The monoisotopic (exact) mass is 193 g/mol. The molecular weight excluding hydrogens is 174 g/mol. The Balaban J connectivity index is 2.64. The number of carbonyl (C=O) groups excluding carboxylic acids is 1. The van der Waals surface area contributed by atoms with Gasteiger partial charge < -0.3 is 5.32 Å². The summed E-state index contributed by atoms with van der Waals surface area (Å²) in [5, 5.41) is 2.88. The molecular formula is C12H19NO. The van der Waals surface area contributed by atoms with Crippen molar-refractivity contribution in [3.8, 4) is 0 Å². The first kappa shape index (κ1) is 11.0. The Bertz CT molecular complexity index is 263. The second-order valence-electron chi connectivity index (χ2n) is 3.60. The highest BCUT2D eigenvalue weighted by Crippen LogP contribution is 2.19. The van der Waals surface area contributed by atoms with Crippen LogP contribution < -0.4 is 5.32 Å². The molecule has 0 aromatic heterocycles. The molecule has 14 heavy (non-hydrogen) atoms. The van der Waals surface area contributed by atoms with Crippen LogP contribution in [-0.4, -0.2) is 12.5 Å². The first-order chi connectivity index (χ1) is 6.77. The summed E-state index contributed by atoms with van der Waals surface area (Å²) in [5.74, 6) is 0.169. The van der Waals surface area contributed by atoms with Gasteiger partial charge in [-0.2, -0.15) is 0 Å². The molecule has 2 heteroatoms. The smallest absolute Gasteiger partial charge is 0.224 e. The second kappa shape index (κ2) is 5.63. The van der Waals surface area contributed by atoms with E-state index in [0.717, 1.165) is 25.8 Å². The normalized spacial score (nSPS) is 17.7. The van der Waals surface area contributed by atoms with Gasteiger partial charge in [-0.05, 0) is 19.3 Å². The van der Waals surface area contributed by atoms with Gasteiger partial charge in [0.1, 0.15) is 0 Å². The quantitative estimate of drug-likeness (QED) is 0.683. The Morgan fingerprint density at radius 3 is 2.71 bits per heavy atom. The van der Waals surface area contributed by atoms with Crippen molar-refractivity contribution < 1.29 is 4.79 Å². The molecule has 2 nitrogen and oxygen atoms in total. The number of allylic oxidation sites excluding steroid dienone is 2. The fraction of sp³-hybridized carbons (Fsp3) is 0.583. The molecule has 0 radical (unpaired) electrons. The molecule has 1 aliphatic rings. The summed E-state index contributed by atoms with van der Waals surface area (Å²) >= 11 is 0. The lowest BCUT2D eigenvalue weighted by molar-refractivity contribution is -0.120. The van der Waals surface area contributed by atoms with E-state index in [2.05, 4.69) is 31.3 Å². The molecule has 0 aromatic carbocycles. The van der Waals surface area contributed by atoms with Gasteiger partial charge in [-0.25, -0.2) is 0 Å². The molecule has 1 aliphatic heterocycles. The lowest BCUT2D eigenvalue weighted by atomic mass is 9.96.